The number of hydrogen-bond donors (Lipinski definition) is 1. The summed E-state index contributed by atoms with van der Waals surface area (Å²) in [6, 6.07) is 9.40. The molecule has 0 aliphatic heterocycles. The van der Waals surface area contributed by atoms with Crippen molar-refractivity contribution in [3.05, 3.63) is 54.0 Å². The number of rotatable bonds is 7. The molecule has 1 N–H and O–H groups in total. The Balaban J connectivity index is 1.98. The van der Waals surface area contributed by atoms with Gasteiger partial charge >= 0.3 is 5.97 Å². The molecule has 0 bridgehead atoms. The molecular formula is C21H26N2O5. The molecule has 0 saturated carbocycles. The first-order chi connectivity index (χ1) is 13.2. The van der Waals surface area contributed by atoms with Crippen LogP contribution in [0.5, 0.6) is 0 Å². The van der Waals surface area contributed by atoms with Gasteiger partial charge in [-0.2, -0.15) is 0 Å². The van der Waals surface area contributed by atoms with Gasteiger partial charge in [-0.05, 0) is 71.0 Å². The van der Waals surface area contributed by atoms with Crippen molar-refractivity contribution in [3.63, 3.8) is 0 Å². The van der Waals surface area contributed by atoms with Crippen LogP contribution in [0.15, 0.2) is 47.1 Å². The second-order valence-electron chi connectivity index (χ2n) is 6.99. The Kier molecular flexibility index (Phi) is 6.98. The first-order valence-electron chi connectivity index (χ1n) is 9.18. The highest BCUT2D eigenvalue weighted by atomic mass is 16.5. The van der Waals surface area contributed by atoms with Gasteiger partial charge in [-0.15, -0.1) is 0 Å². The summed E-state index contributed by atoms with van der Waals surface area (Å²) in [5.74, 6) is -1.03. The van der Waals surface area contributed by atoms with E-state index in [1.54, 1.807) is 36.1 Å². The summed E-state index contributed by atoms with van der Waals surface area (Å²) >= 11 is 0. The fraction of sp³-hybridized carbons (Fsp3) is 0.381. The van der Waals surface area contributed by atoms with E-state index in [2.05, 4.69) is 5.32 Å². The van der Waals surface area contributed by atoms with Crippen molar-refractivity contribution in [3.8, 4) is 0 Å². The predicted octanol–water partition coefficient (Wildman–Crippen LogP) is 3.72. The molecule has 0 spiro atoms. The van der Waals surface area contributed by atoms with Gasteiger partial charge < -0.3 is 19.4 Å². The van der Waals surface area contributed by atoms with Crippen LogP contribution in [-0.4, -0.2) is 40.9 Å². The Hall–Kier alpha value is -3.09. The van der Waals surface area contributed by atoms with Crippen molar-refractivity contribution >= 4 is 23.5 Å². The average molecular weight is 386 g/mol. The van der Waals surface area contributed by atoms with E-state index in [0.29, 0.717) is 5.69 Å². The molecule has 0 radical (unpaired) electrons. The molecule has 0 aliphatic rings. The van der Waals surface area contributed by atoms with Gasteiger partial charge in [-0.1, -0.05) is 0 Å². The Morgan fingerprint density at radius 3 is 2.07 bits per heavy atom. The average Bonchev–Trinajstić information content (AvgIpc) is 3.16. The van der Waals surface area contributed by atoms with E-state index in [1.165, 1.54) is 18.4 Å². The number of ether oxygens (including phenoxy) is 1. The number of amides is 2. The lowest BCUT2D eigenvalue weighted by Gasteiger charge is -2.32. The van der Waals surface area contributed by atoms with Crippen LogP contribution in [0.2, 0.25) is 0 Å². The standard InChI is InChI=1S/C21H26N2O5/c1-13(2)23(14(3)4)20(25)15(5)28-21(26)16-8-10-17(11-9-16)22-19(24)18-7-6-12-27-18/h6-15H,1-5H3,(H,22,24)/t15-/m0/s1. The number of carbonyl (C=O) groups is 3. The van der Waals surface area contributed by atoms with E-state index in [-0.39, 0.29) is 35.2 Å². The van der Waals surface area contributed by atoms with Crippen molar-refractivity contribution in [2.75, 3.05) is 5.32 Å². The zero-order valence-electron chi connectivity index (χ0n) is 16.8. The molecule has 0 fully saturated rings. The Morgan fingerprint density at radius 2 is 1.57 bits per heavy atom. The molecule has 0 unspecified atom stereocenters. The highest BCUT2D eigenvalue weighted by Gasteiger charge is 2.27. The molecule has 7 nitrogen and oxygen atoms in total. The molecule has 150 valence electrons. The molecule has 0 saturated heterocycles. The van der Waals surface area contributed by atoms with Gasteiger partial charge in [0, 0.05) is 17.8 Å². The van der Waals surface area contributed by atoms with Crippen LogP contribution in [0.4, 0.5) is 5.69 Å². The fourth-order valence-corrected chi connectivity index (χ4v) is 2.88. The maximum absolute atomic E-state index is 12.6. The predicted molar refractivity (Wildman–Crippen MR) is 105 cm³/mol. The number of nitrogens with zero attached hydrogens (tertiary/aromatic N) is 1. The number of carbonyl (C=O) groups excluding carboxylic acids is 3. The maximum Gasteiger partial charge on any atom is 0.338 e. The summed E-state index contributed by atoms with van der Waals surface area (Å²) in [4.78, 5) is 38.6. The third-order valence-electron chi connectivity index (χ3n) is 4.12. The third-order valence-corrected chi connectivity index (χ3v) is 4.12. The van der Waals surface area contributed by atoms with Crippen LogP contribution in [0, 0.1) is 0 Å². The van der Waals surface area contributed by atoms with E-state index >= 15 is 0 Å². The van der Waals surface area contributed by atoms with Crippen LogP contribution >= 0.6 is 0 Å². The Bertz CT molecular complexity index is 802. The fourth-order valence-electron chi connectivity index (χ4n) is 2.88. The third kappa shape index (κ3) is 5.22. The summed E-state index contributed by atoms with van der Waals surface area (Å²) < 4.78 is 10.4. The monoisotopic (exact) mass is 386 g/mol. The maximum atomic E-state index is 12.6. The van der Waals surface area contributed by atoms with Crippen LogP contribution in [0.25, 0.3) is 0 Å². The van der Waals surface area contributed by atoms with Crippen molar-refractivity contribution in [1.29, 1.82) is 0 Å². The lowest BCUT2D eigenvalue weighted by atomic mass is 10.2. The number of esters is 1. The van der Waals surface area contributed by atoms with Gasteiger partial charge in [0.05, 0.1) is 11.8 Å². The molecule has 1 atom stereocenters. The van der Waals surface area contributed by atoms with Gasteiger partial charge in [0.25, 0.3) is 11.8 Å². The number of benzene rings is 1. The highest BCUT2D eigenvalue weighted by molar-refractivity contribution is 6.02. The summed E-state index contributed by atoms with van der Waals surface area (Å²) in [5.41, 5.74) is 0.796. The molecule has 1 heterocycles. The minimum atomic E-state index is -0.893. The highest BCUT2D eigenvalue weighted by Crippen LogP contribution is 2.15. The van der Waals surface area contributed by atoms with Crippen LogP contribution in [-0.2, 0) is 9.53 Å². The molecule has 7 heteroatoms. The molecule has 0 aliphatic carbocycles. The van der Waals surface area contributed by atoms with Gasteiger partial charge in [-0.25, -0.2) is 4.79 Å². The number of anilines is 1. The zero-order chi connectivity index (χ0) is 20.8. The number of furan rings is 1. The normalized spacial score (nSPS) is 12.0. The molecule has 1 aromatic carbocycles. The molecule has 1 aromatic heterocycles. The molecule has 28 heavy (non-hydrogen) atoms. The van der Waals surface area contributed by atoms with E-state index in [4.69, 9.17) is 9.15 Å². The van der Waals surface area contributed by atoms with E-state index in [0.717, 1.165) is 0 Å². The lowest BCUT2D eigenvalue weighted by Crippen LogP contribution is -2.47. The second kappa shape index (κ2) is 9.21. The molecular weight excluding hydrogens is 360 g/mol. The number of hydrogen-bond acceptors (Lipinski definition) is 5. The summed E-state index contributed by atoms with van der Waals surface area (Å²) in [6.07, 6.45) is 0.520. The van der Waals surface area contributed by atoms with Gasteiger partial charge in [0.15, 0.2) is 11.9 Å². The van der Waals surface area contributed by atoms with Gasteiger partial charge in [0.2, 0.25) is 0 Å². The molecule has 2 aromatic rings. The van der Waals surface area contributed by atoms with Crippen LogP contribution in [0.1, 0.15) is 55.5 Å². The van der Waals surface area contributed by atoms with Crippen molar-refractivity contribution in [2.24, 2.45) is 0 Å². The first kappa shape index (κ1) is 21.2. The number of nitrogens with one attached hydrogen (secondary N) is 1. The summed E-state index contributed by atoms with van der Waals surface area (Å²) in [6.45, 7) is 9.24. The minimum absolute atomic E-state index is 0.00529. The van der Waals surface area contributed by atoms with E-state index in [9.17, 15) is 14.4 Å². The van der Waals surface area contributed by atoms with Gasteiger partial charge in [-0.3, -0.25) is 9.59 Å². The van der Waals surface area contributed by atoms with Crippen molar-refractivity contribution in [2.45, 2.75) is 52.8 Å². The van der Waals surface area contributed by atoms with Crippen molar-refractivity contribution in [1.82, 2.24) is 4.90 Å². The molecule has 2 rings (SSSR count). The van der Waals surface area contributed by atoms with Crippen molar-refractivity contribution < 1.29 is 23.5 Å². The summed E-state index contributed by atoms with van der Waals surface area (Å²) in [5, 5.41) is 2.66. The van der Waals surface area contributed by atoms with Gasteiger partial charge in [0.1, 0.15) is 0 Å². The SMILES string of the molecule is CC(C)N(C(=O)[C@H](C)OC(=O)c1ccc(NC(=O)c2ccco2)cc1)C(C)C. The summed E-state index contributed by atoms with van der Waals surface area (Å²) in [7, 11) is 0. The quantitative estimate of drug-likeness (QED) is 0.733. The van der Waals surface area contributed by atoms with Crippen LogP contribution in [0.3, 0.4) is 0 Å². The topological polar surface area (TPSA) is 88.9 Å². The lowest BCUT2D eigenvalue weighted by molar-refractivity contribution is -0.143. The Labute approximate surface area is 164 Å². The van der Waals surface area contributed by atoms with E-state index < -0.39 is 12.1 Å². The van der Waals surface area contributed by atoms with E-state index in [1.807, 2.05) is 27.7 Å². The smallest absolute Gasteiger partial charge is 0.338 e. The first-order valence-corrected chi connectivity index (χ1v) is 9.18. The minimum Gasteiger partial charge on any atom is -0.459 e. The Morgan fingerprint density at radius 1 is 0.964 bits per heavy atom. The second-order valence-corrected chi connectivity index (χ2v) is 6.99. The van der Waals surface area contributed by atoms with Crippen LogP contribution < -0.4 is 5.32 Å². The largest absolute Gasteiger partial charge is 0.459 e. The molecule has 2 amide bonds. The zero-order valence-corrected chi connectivity index (χ0v) is 16.8.